The van der Waals surface area contributed by atoms with E-state index in [9.17, 15) is 13.2 Å². The van der Waals surface area contributed by atoms with Crippen LogP contribution in [0.4, 0.5) is 11.4 Å². The van der Waals surface area contributed by atoms with Crippen LogP contribution < -0.4 is 10.0 Å². The van der Waals surface area contributed by atoms with E-state index < -0.39 is 10.0 Å². The van der Waals surface area contributed by atoms with Crippen LogP contribution in [0.15, 0.2) is 29.2 Å². The van der Waals surface area contributed by atoms with E-state index in [1.807, 2.05) is 6.92 Å². The van der Waals surface area contributed by atoms with E-state index in [1.165, 1.54) is 30.4 Å². The van der Waals surface area contributed by atoms with Crippen LogP contribution in [0.2, 0.25) is 5.02 Å². The van der Waals surface area contributed by atoms with Crippen LogP contribution in [0.5, 0.6) is 0 Å². The molecular weight excluding hydrogens is 344 g/mol. The van der Waals surface area contributed by atoms with Crippen molar-refractivity contribution in [3.63, 3.8) is 0 Å². The average molecular weight is 359 g/mol. The highest BCUT2D eigenvalue weighted by Crippen LogP contribution is 2.29. The summed E-state index contributed by atoms with van der Waals surface area (Å²) in [5.74, 6) is -0.286. The first-order chi connectivity index (χ1) is 10.2. The first-order valence-electron chi connectivity index (χ1n) is 6.36. The van der Waals surface area contributed by atoms with Crippen molar-refractivity contribution < 1.29 is 13.2 Å². The smallest absolute Gasteiger partial charge is 0.263 e. The molecule has 8 heteroatoms. The van der Waals surface area contributed by atoms with Gasteiger partial charge in [-0.15, -0.1) is 11.3 Å². The zero-order chi connectivity index (χ0) is 16.5. The Balaban J connectivity index is 2.34. The number of carbonyl (C=O) groups is 1. The largest absolute Gasteiger partial charge is 0.325 e. The van der Waals surface area contributed by atoms with Crippen LogP contribution in [-0.4, -0.2) is 14.3 Å². The van der Waals surface area contributed by atoms with E-state index in [0.29, 0.717) is 16.4 Å². The summed E-state index contributed by atoms with van der Waals surface area (Å²) in [5, 5.41) is 2.88. The van der Waals surface area contributed by atoms with Gasteiger partial charge in [-0.05, 0) is 38.1 Å². The molecule has 1 amide bonds. The molecule has 1 aromatic heterocycles. The summed E-state index contributed by atoms with van der Waals surface area (Å²) in [6.07, 6.45) is 0. The zero-order valence-electron chi connectivity index (χ0n) is 12.2. The number of halogens is 1. The van der Waals surface area contributed by atoms with Gasteiger partial charge in [-0.3, -0.25) is 9.52 Å². The summed E-state index contributed by atoms with van der Waals surface area (Å²) in [6.45, 7) is 4.97. The van der Waals surface area contributed by atoms with E-state index >= 15 is 0 Å². The normalized spacial score (nSPS) is 11.3. The molecule has 1 heterocycles. The van der Waals surface area contributed by atoms with Gasteiger partial charge >= 0.3 is 0 Å². The summed E-state index contributed by atoms with van der Waals surface area (Å²) in [6, 6.07) is 6.18. The molecule has 2 aromatic rings. The number of aryl methyl sites for hydroxylation is 2. The molecule has 0 spiro atoms. The summed E-state index contributed by atoms with van der Waals surface area (Å²) < 4.78 is 27.4. The predicted octanol–water partition coefficient (Wildman–Crippen LogP) is 3.78. The third kappa shape index (κ3) is 3.79. The number of amides is 1. The summed E-state index contributed by atoms with van der Waals surface area (Å²) >= 11 is 7.39. The standard InChI is InChI=1S/C14H15ClN2O3S2/c1-8-6-14(9(2)21-8)22(19,20)17-11-4-5-12(15)13(7-11)16-10(3)18/h4-7,17H,1-3H3,(H,16,18). The SMILES string of the molecule is CC(=O)Nc1cc(NS(=O)(=O)c2cc(C)sc2C)ccc1Cl. The number of hydrogen-bond donors (Lipinski definition) is 2. The van der Waals surface area contributed by atoms with Crippen molar-refractivity contribution in [1.82, 2.24) is 0 Å². The molecule has 118 valence electrons. The minimum absolute atomic E-state index is 0.256. The molecule has 1 aromatic carbocycles. The Morgan fingerprint density at radius 2 is 1.91 bits per heavy atom. The average Bonchev–Trinajstić information content (AvgIpc) is 2.72. The van der Waals surface area contributed by atoms with Crippen LogP contribution in [0.3, 0.4) is 0 Å². The van der Waals surface area contributed by atoms with Gasteiger partial charge in [-0.25, -0.2) is 8.42 Å². The second-order valence-electron chi connectivity index (χ2n) is 4.76. The minimum atomic E-state index is -3.68. The van der Waals surface area contributed by atoms with Gasteiger partial charge in [-0.1, -0.05) is 11.6 Å². The van der Waals surface area contributed by atoms with Gasteiger partial charge < -0.3 is 5.32 Å². The van der Waals surface area contributed by atoms with E-state index in [1.54, 1.807) is 19.1 Å². The molecule has 2 N–H and O–H groups in total. The highest BCUT2D eigenvalue weighted by molar-refractivity contribution is 7.93. The molecule has 0 atom stereocenters. The number of hydrogen-bond acceptors (Lipinski definition) is 4. The predicted molar refractivity (Wildman–Crippen MR) is 90.4 cm³/mol. The molecule has 2 rings (SSSR count). The zero-order valence-corrected chi connectivity index (χ0v) is 14.6. The topological polar surface area (TPSA) is 75.3 Å². The highest BCUT2D eigenvalue weighted by Gasteiger charge is 2.19. The number of sulfonamides is 1. The van der Waals surface area contributed by atoms with Crippen LogP contribution in [0.25, 0.3) is 0 Å². The summed E-state index contributed by atoms with van der Waals surface area (Å²) in [5.41, 5.74) is 0.684. The quantitative estimate of drug-likeness (QED) is 0.873. The molecule has 22 heavy (non-hydrogen) atoms. The Bertz CT molecular complexity index is 829. The van der Waals surface area contributed by atoms with Crippen LogP contribution in [-0.2, 0) is 14.8 Å². The fraction of sp³-hybridized carbons (Fsp3) is 0.214. The van der Waals surface area contributed by atoms with Crippen molar-refractivity contribution in [2.75, 3.05) is 10.0 Å². The lowest BCUT2D eigenvalue weighted by atomic mass is 10.3. The van der Waals surface area contributed by atoms with Gasteiger partial charge in [0.05, 0.1) is 16.4 Å². The number of rotatable bonds is 4. The fourth-order valence-electron chi connectivity index (χ4n) is 1.96. The lowest BCUT2D eigenvalue weighted by molar-refractivity contribution is -0.114. The number of thiophene rings is 1. The molecule has 0 fully saturated rings. The molecule has 0 aliphatic carbocycles. The maximum absolute atomic E-state index is 12.4. The van der Waals surface area contributed by atoms with Crippen LogP contribution in [0.1, 0.15) is 16.7 Å². The maximum atomic E-state index is 12.4. The monoisotopic (exact) mass is 358 g/mol. The number of carbonyl (C=O) groups excluding carboxylic acids is 1. The van der Waals surface area contributed by atoms with Crippen molar-refractivity contribution in [2.24, 2.45) is 0 Å². The Hall–Kier alpha value is -1.57. The third-order valence-corrected chi connectivity index (χ3v) is 5.75. The third-order valence-electron chi connectivity index (χ3n) is 2.81. The molecule has 0 saturated carbocycles. The van der Waals surface area contributed by atoms with Crippen molar-refractivity contribution >= 4 is 50.2 Å². The maximum Gasteiger partial charge on any atom is 0.263 e. The number of benzene rings is 1. The Labute approximate surface area is 138 Å². The summed E-state index contributed by atoms with van der Waals surface area (Å²) in [7, 11) is -3.68. The summed E-state index contributed by atoms with van der Waals surface area (Å²) in [4.78, 5) is 13.0. The molecule has 0 saturated heterocycles. The second kappa shape index (κ2) is 6.28. The second-order valence-corrected chi connectivity index (χ2v) is 8.28. The lowest BCUT2D eigenvalue weighted by Crippen LogP contribution is -2.13. The molecule has 0 radical (unpaired) electrons. The molecule has 5 nitrogen and oxygen atoms in total. The number of nitrogens with one attached hydrogen (secondary N) is 2. The van der Waals surface area contributed by atoms with E-state index in [0.717, 1.165) is 9.75 Å². The first kappa shape index (κ1) is 16.8. The Morgan fingerprint density at radius 3 is 2.45 bits per heavy atom. The van der Waals surface area contributed by atoms with Gasteiger partial charge in [0.15, 0.2) is 0 Å². The number of anilines is 2. The van der Waals surface area contributed by atoms with Gasteiger partial charge in [-0.2, -0.15) is 0 Å². The fourth-order valence-corrected chi connectivity index (χ4v) is 4.73. The van der Waals surface area contributed by atoms with Crippen molar-refractivity contribution in [3.05, 3.63) is 39.0 Å². The Kier molecular flexibility index (Phi) is 4.79. The molecule has 0 aliphatic heterocycles. The van der Waals surface area contributed by atoms with Crippen molar-refractivity contribution in [2.45, 2.75) is 25.7 Å². The van der Waals surface area contributed by atoms with Gasteiger partial charge in [0.2, 0.25) is 5.91 Å². The lowest BCUT2D eigenvalue weighted by Gasteiger charge is -2.11. The highest BCUT2D eigenvalue weighted by atomic mass is 35.5. The Morgan fingerprint density at radius 1 is 1.23 bits per heavy atom. The molecule has 0 bridgehead atoms. The van der Waals surface area contributed by atoms with Crippen LogP contribution in [0, 0.1) is 13.8 Å². The van der Waals surface area contributed by atoms with E-state index in [4.69, 9.17) is 11.6 Å². The van der Waals surface area contributed by atoms with Crippen molar-refractivity contribution in [3.8, 4) is 0 Å². The molecule has 0 aliphatic rings. The van der Waals surface area contributed by atoms with Crippen LogP contribution >= 0.6 is 22.9 Å². The first-order valence-corrected chi connectivity index (χ1v) is 9.04. The molecular formula is C14H15ClN2O3S2. The minimum Gasteiger partial charge on any atom is -0.325 e. The van der Waals surface area contributed by atoms with Crippen molar-refractivity contribution in [1.29, 1.82) is 0 Å². The van der Waals surface area contributed by atoms with Gasteiger partial charge in [0, 0.05) is 16.7 Å². The van der Waals surface area contributed by atoms with Gasteiger partial charge in [0.25, 0.3) is 10.0 Å². The van der Waals surface area contributed by atoms with E-state index in [-0.39, 0.29) is 10.8 Å². The van der Waals surface area contributed by atoms with E-state index in [2.05, 4.69) is 10.0 Å². The molecule has 0 unspecified atom stereocenters. The van der Waals surface area contributed by atoms with Gasteiger partial charge in [0.1, 0.15) is 4.90 Å².